The molecule has 0 heterocycles. The zero-order valence-electron chi connectivity index (χ0n) is 13.2. The molecule has 0 aliphatic rings. The average molecular weight is 320 g/mol. The number of methoxy groups -OCH3 is 1. The Labute approximate surface area is 137 Å². The van der Waals surface area contributed by atoms with Crippen LogP contribution in [0.3, 0.4) is 0 Å². The molecule has 0 amide bonds. The molecule has 0 saturated heterocycles. The average Bonchev–Trinajstić information content (AvgIpc) is 2.55. The zero-order chi connectivity index (χ0) is 15.9. The molecule has 1 N–H and O–H groups in total. The Morgan fingerprint density at radius 1 is 1.18 bits per heavy atom. The van der Waals surface area contributed by atoms with Gasteiger partial charge in [-0.3, -0.25) is 0 Å². The normalized spacial score (nSPS) is 12.0. The Morgan fingerprint density at radius 2 is 1.91 bits per heavy atom. The number of benzene rings is 2. The van der Waals surface area contributed by atoms with Crippen LogP contribution >= 0.6 is 11.6 Å². The van der Waals surface area contributed by atoms with Gasteiger partial charge in [0.05, 0.1) is 13.7 Å². The molecule has 0 aliphatic heterocycles. The van der Waals surface area contributed by atoms with E-state index < -0.39 is 0 Å². The van der Waals surface area contributed by atoms with Crippen LogP contribution in [0, 0.1) is 0 Å². The molecular formula is C18H22ClNO2. The van der Waals surface area contributed by atoms with Gasteiger partial charge in [-0.15, -0.1) is 0 Å². The summed E-state index contributed by atoms with van der Waals surface area (Å²) in [6.07, 6.45) is 0. The molecule has 0 fully saturated rings. The van der Waals surface area contributed by atoms with E-state index in [-0.39, 0.29) is 6.04 Å². The molecule has 1 atom stereocenters. The summed E-state index contributed by atoms with van der Waals surface area (Å²) in [5.74, 6) is 1.42. The third kappa shape index (κ3) is 4.15. The molecule has 2 rings (SSSR count). The van der Waals surface area contributed by atoms with Crippen LogP contribution in [0.25, 0.3) is 0 Å². The first-order valence-corrected chi connectivity index (χ1v) is 7.81. The maximum Gasteiger partial charge on any atom is 0.165 e. The first-order chi connectivity index (χ1) is 10.7. The maximum absolute atomic E-state index is 6.17. The van der Waals surface area contributed by atoms with E-state index >= 15 is 0 Å². The van der Waals surface area contributed by atoms with Crippen molar-refractivity contribution in [3.8, 4) is 11.5 Å². The largest absolute Gasteiger partial charge is 0.493 e. The van der Waals surface area contributed by atoms with Gasteiger partial charge >= 0.3 is 0 Å². The molecule has 2 aromatic carbocycles. The predicted molar refractivity (Wildman–Crippen MR) is 90.9 cm³/mol. The highest BCUT2D eigenvalue weighted by Crippen LogP contribution is 2.35. The third-order valence-corrected chi connectivity index (χ3v) is 3.72. The lowest BCUT2D eigenvalue weighted by atomic mass is 10.1. The fourth-order valence-corrected chi connectivity index (χ4v) is 2.57. The van der Waals surface area contributed by atoms with Crippen LogP contribution in [0.2, 0.25) is 5.02 Å². The lowest BCUT2D eigenvalue weighted by molar-refractivity contribution is 0.306. The molecule has 4 heteroatoms. The van der Waals surface area contributed by atoms with E-state index in [0.29, 0.717) is 23.9 Å². The second-order valence-corrected chi connectivity index (χ2v) is 5.48. The van der Waals surface area contributed by atoms with Gasteiger partial charge in [0, 0.05) is 29.2 Å². The Balaban J connectivity index is 2.16. The summed E-state index contributed by atoms with van der Waals surface area (Å²) in [7, 11) is 1.62. The first kappa shape index (κ1) is 16.7. The second kappa shape index (κ2) is 8.06. The van der Waals surface area contributed by atoms with Crippen LogP contribution in [0.5, 0.6) is 11.5 Å². The molecule has 118 valence electrons. The van der Waals surface area contributed by atoms with Crippen molar-refractivity contribution in [3.05, 3.63) is 58.6 Å². The second-order valence-electron chi connectivity index (χ2n) is 5.04. The predicted octanol–water partition coefficient (Wildman–Crippen LogP) is 4.60. The van der Waals surface area contributed by atoms with Crippen molar-refractivity contribution >= 4 is 11.6 Å². The van der Waals surface area contributed by atoms with Gasteiger partial charge < -0.3 is 14.8 Å². The molecular weight excluding hydrogens is 298 g/mol. The number of hydrogen-bond acceptors (Lipinski definition) is 3. The fourth-order valence-electron chi connectivity index (χ4n) is 2.34. The van der Waals surface area contributed by atoms with E-state index in [9.17, 15) is 0 Å². The Hall–Kier alpha value is -1.71. The van der Waals surface area contributed by atoms with Gasteiger partial charge in [0.2, 0.25) is 0 Å². The SMILES string of the molecule is CCOc1c(CN[C@H](C)c2ccccc2)cc(Cl)cc1OC. The lowest BCUT2D eigenvalue weighted by Crippen LogP contribution is -2.18. The quantitative estimate of drug-likeness (QED) is 0.809. The van der Waals surface area contributed by atoms with Crippen molar-refractivity contribution in [2.24, 2.45) is 0 Å². The molecule has 0 unspecified atom stereocenters. The smallest absolute Gasteiger partial charge is 0.165 e. The van der Waals surface area contributed by atoms with Crippen molar-refractivity contribution in [2.45, 2.75) is 26.4 Å². The molecule has 0 saturated carbocycles. The highest BCUT2D eigenvalue weighted by atomic mass is 35.5. The van der Waals surface area contributed by atoms with E-state index in [1.165, 1.54) is 5.56 Å². The van der Waals surface area contributed by atoms with Crippen LogP contribution in [0.15, 0.2) is 42.5 Å². The van der Waals surface area contributed by atoms with Crippen molar-refractivity contribution in [2.75, 3.05) is 13.7 Å². The minimum Gasteiger partial charge on any atom is -0.493 e. The first-order valence-electron chi connectivity index (χ1n) is 7.43. The highest BCUT2D eigenvalue weighted by Gasteiger charge is 2.13. The van der Waals surface area contributed by atoms with Crippen LogP contribution in [-0.4, -0.2) is 13.7 Å². The molecule has 2 aromatic rings. The molecule has 0 bridgehead atoms. The molecule has 22 heavy (non-hydrogen) atoms. The van der Waals surface area contributed by atoms with E-state index in [1.807, 2.05) is 31.2 Å². The molecule has 3 nitrogen and oxygen atoms in total. The summed E-state index contributed by atoms with van der Waals surface area (Å²) in [6.45, 7) is 5.33. The third-order valence-electron chi connectivity index (χ3n) is 3.50. The van der Waals surface area contributed by atoms with Crippen LogP contribution in [0.1, 0.15) is 31.0 Å². The van der Waals surface area contributed by atoms with Crippen molar-refractivity contribution in [1.82, 2.24) is 5.32 Å². The Morgan fingerprint density at radius 3 is 2.55 bits per heavy atom. The lowest BCUT2D eigenvalue weighted by Gasteiger charge is -2.18. The number of nitrogens with one attached hydrogen (secondary N) is 1. The molecule has 0 aliphatic carbocycles. The summed E-state index contributed by atoms with van der Waals surface area (Å²) >= 11 is 6.17. The number of ether oxygens (including phenoxy) is 2. The van der Waals surface area contributed by atoms with E-state index in [4.69, 9.17) is 21.1 Å². The van der Waals surface area contributed by atoms with Gasteiger partial charge in [-0.05, 0) is 25.5 Å². The summed E-state index contributed by atoms with van der Waals surface area (Å²) in [5.41, 5.74) is 2.24. The van der Waals surface area contributed by atoms with Gasteiger partial charge in [0.1, 0.15) is 0 Å². The molecule has 0 radical (unpaired) electrons. The number of hydrogen-bond donors (Lipinski definition) is 1. The topological polar surface area (TPSA) is 30.5 Å². The monoisotopic (exact) mass is 319 g/mol. The summed E-state index contributed by atoms with van der Waals surface area (Å²) in [4.78, 5) is 0. The molecule has 0 spiro atoms. The standard InChI is InChI=1S/C18H22ClNO2/c1-4-22-18-15(10-16(19)11-17(18)21-3)12-20-13(2)14-8-6-5-7-9-14/h5-11,13,20H,4,12H2,1-3H3/t13-/m1/s1. The van der Waals surface area contributed by atoms with Crippen LogP contribution < -0.4 is 14.8 Å². The Kier molecular flexibility index (Phi) is 6.10. The van der Waals surface area contributed by atoms with E-state index in [0.717, 1.165) is 11.3 Å². The van der Waals surface area contributed by atoms with Crippen molar-refractivity contribution in [1.29, 1.82) is 0 Å². The number of rotatable bonds is 7. The minimum absolute atomic E-state index is 0.237. The van der Waals surface area contributed by atoms with Gasteiger partial charge in [-0.1, -0.05) is 41.9 Å². The maximum atomic E-state index is 6.17. The summed E-state index contributed by atoms with van der Waals surface area (Å²) < 4.78 is 11.1. The summed E-state index contributed by atoms with van der Waals surface area (Å²) in [5, 5.41) is 4.14. The van der Waals surface area contributed by atoms with Gasteiger partial charge in [-0.2, -0.15) is 0 Å². The van der Waals surface area contributed by atoms with Crippen LogP contribution in [0.4, 0.5) is 0 Å². The van der Waals surface area contributed by atoms with Crippen molar-refractivity contribution in [3.63, 3.8) is 0 Å². The Bertz CT molecular complexity index is 602. The molecule has 0 aromatic heterocycles. The summed E-state index contributed by atoms with van der Waals surface area (Å²) in [6, 6.07) is 14.3. The van der Waals surface area contributed by atoms with Gasteiger partial charge in [0.15, 0.2) is 11.5 Å². The zero-order valence-corrected chi connectivity index (χ0v) is 14.0. The highest BCUT2D eigenvalue weighted by molar-refractivity contribution is 6.30. The minimum atomic E-state index is 0.237. The van der Waals surface area contributed by atoms with E-state index in [1.54, 1.807) is 13.2 Å². The van der Waals surface area contributed by atoms with Gasteiger partial charge in [-0.25, -0.2) is 0 Å². The van der Waals surface area contributed by atoms with Gasteiger partial charge in [0.25, 0.3) is 0 Å². The van der Waals surface area contributed by atoms with Crippen LogP contribution in [-0.2, 0) is 6.54 Å². The van der Waals surface area contributed by atoms with Crippen molar-refractivity contribution < 1.29 is 9.47 Å². The fraction of sp³-hybridized carbons (Fsp3) is 0.333. The number of halogens is 1. The van der Waals surface area contributed by atoms with E-state index in [2.05, 4.69) is 24.4 Å².